The fraction of sp³-hybridized carbons (Fsp3) is 0.105. The summed E-state index contributed by atoms with van der Waals surface area (Å²) in [6.45, 7) is 0. The first-order chi connectivity index (χ1) is 13.0. The molecule has 2 aromatic carbocycles. The van der Waals surface area contributed by atoms with Gasteiger partial charge in [0.1, 0.15) is 5.75 Å². The summed E-state index contributed by atoms with van der Waals surface area (Å²) in [7, 11) is -2.21. The average molecular weight is 403 g/mol. The molecule has 0 aliphatic carbocycles. The molecule has 0 atom stereocenters. The SMILES string of the molecule is COC(=O)c1sccc1Oc1ccc(NS(=O)(=O)Cc2ccccc2)cc1. The monoisotopic (exact) mass is 403 g/mol. The van der Waals surface area contributed by atoms with Crippen LogP contribution in [-0.4, -0.2) is 21.5 Å². The molecule has 3 aromatic rings. The summed E-state index contributed by atoms with van der Waals surface area (Å²) in [5.74, 6) is 0.294. The van der Waals surface area contributed by atoms with Crippen LogP contribution < -0.4 is 9.46 Å². The number of carbonyl (C=O) groups excluding carboxylic acids is 1. The van der Waals surface area contributed by atoms with Crippen molar-refractivity contribution >= 4 is 33.0 Å². The molecule has 0 radical (unpaired) electrons. The lowest BCUT2D eigenvalue weighted by molar-refractivity contribution is 0.0604. The van der Waals surface area contributed by atoms with Crippen LogP contribution in [0.15, 0.2) is 66.0 Å². The van der Waals surface area contributed by atoms with Gasteiger partial charge in [-0.1, -0.05) is 30.3 Å². The highest BCUT2D eigenvalue weighted by molar-refractivity contribution is 7.91. The summed E-state index contributed by atoms with van der Waals surface area (Å²) in [6.07, 6.45) is 0. The van der Waals surface area contributed by atoms with E-state index in [1.54, 1.807) is 60.0 Å². The number of methoxy groups -OCH3 is 1. The number of anilines is 1. The fourth-order valence-electron chi connectivity index (χ4n) is 2.35. The molecule has 8 heteroatoms. The summed E-state index contributed by atoms with van der Waals surface area (Å²) < 4.78 is 37.5. The highest BCUT2D eigenvalue weighted by Crippen LogP contribution is 2.31. The Labute approximate surface area is 161 Å². The van der Waals surface area contributed by atoms with Crippen molar-refractivity contribution in [3.8, 4) is 11.5 Å². The Kier molecular flexibility index (Phi) is 5.78. The smallest absolute Gasteiger partial charge is 0.351 e. The van der Waals surface area contributed by atoms with Gasteiger partial charge in [0.25, 0.3) is 0 Å². The number of hydrogen-bond acceptors (Lipinski definition) is 6. The van der Waals surface area contributed by atoms with Crippen molar-refractivity contribution in [1.29, 1.82) is 0 Å². The van der Waals surface area contributed by atoms with Crippen molar-refractivity contribution in [2.45, 2.75) is 5.75 Å². The van der Waals surface area contributed by atoms with Crippen molar-refractivity contribution in [3.05, 3.63) is 76.5 Å². The van der Waals surface area contributed by atoms with E-state index in [-0.39, 0.29) is 5.75 Å². The number of esters is 1. The van der Waals surface area contributed by atoms with Gasteiger partial charge in [0.2, 0.25) is 10.0 Å². The van der Waals surface area contributed by atoms with Gasteiger partial charge in [-0.25, -0.2) is 13.2 Å². The first kappa shape index (κ1) is 18.9. The van der Waals surface area contributed by atoms with Crippen LogP contribution in [0.3, 0.4) is 0 Å². The Hall–Kier alpha value is -2.84. The minimum Gasteiger partial charge on any atom is -0.465 e. The third-order valence-corrected chi connectivity index (χ3v) is 5.69. The molecule has 1 aromatic heterocycles. The Morgan fingerprint density at radius 3 is 2.41 bits per heavy atom. The van der Waals surface area contributed by atoms with Crippen LogP contribution in [0.2, 0.25) is 0 Å². The minimum absolute atomic E-state index is 0.108. The number of hydrogen-bond donors (Lipinski definition) is 1. The highest BCUT2D eigenvalue weighted by atomic mass is 32.2. The number of thiophene rings is 1. The minimum atomic E-state index is -3.52. The van der Waals surface area contributed by atoms with Crippen LogP contribution in [0.1, 0.15) is 15.2 Å². The predicted molar refractivity (Wildman–Crippen MR) is 105 cm³/mol. The van der Waals surface area contributed by atoms with Crippen LogP contribution in [0.5, 0.6) is 11.5 Å². The summed E-state index contributed by atoms with van der Waals surface area (Å²) in [5, 5.41) is 1.73. The van der Waals surface area contributed by atoms with Gasteiger partial charge in [-0.15, -0.1) is 11.3 Å². The quantitative estimate of drug-likeness (QED) is 0.596. The molecule has 0 aliphatic heterocycles. The summed E-state index contributed by atoms with van der Waals surface area (Å²) in [6, 6.07) is 17.1. The molecule has 0 aliphatic rings. The Balaban J connectivity index is 1.67. The number of nitrogens with one attached hydrogen (secondary N) is 1. The van der Waals surface area contributed by atoms with Crippen LogP contribution in [0.25, 0.3) is 0 Å². The summed E-state index contributed by atoms with van der Waals surface area (Å²) in [4.78, 5) is 12.0. The van der Waals surface area contributed by atoms with E-state index in [2.05, 4.69) is 4.72 Å². The van der Waals surface area contributed by atoms with Gasteiger partial charge in [-0.05, 0) is 41.3 Å². The first-order valence-corrected chi connectivity index (χ1v) is 10.5. The molecular weight excluding hydrogens is 386 g/mol. The van der Waals surface area contributed by atoms with Gasteiger partial charge < -0.3 is 9.47 Å². The lowest BCUT2D eigenvalue weighted by atomic mass is 10.2. The molecule has 0 saturated carbocycles. The predicted octanol–water partition coefficient (Wildman–Crippen LogP) is 4.27. The van der Waals surface area contributed by atoms with Gasteiger partial charge in [0.05, 0.1) is 12.9 Å². The van der Waals surface area contributed by atoms with Crippen molar-refractivity contribution < 1.29 is 22.7 Å². The molecule has 0 amide bonds. The Morgan fingerprint density at radius 1 is 1.04 bits per heavy atom. The number of benzene rings is 2. The van der Waals surface area contributed by atoms with Gasteiger partial charge in [0, 0.05) is 5.69 Å². The second-order valence-corrected chi connectivity index (χ2v) is 8.22. The van der Waals surface area contributed by atoms with E-state index >= 15 is 0 Å². The lowest BCUT2D eigenvalue weighted by Crippen LogP contribution is -2.14. The molecule has 27 heavy (non-hydrogen) atoms. The maximum atomic E-state index is 12.3. The van der Waals surface area contributed by atoms with E-state index in [0.29, 0.717) is 27.6 Å². The number of ether oxygens (including phenoxy) is 2. The van der Waals surface area contributed by atoms with E-state index in [4.69, 9.17) is 9.47 Å². The first-order valence-electron chi connectivity index (χ1n) is 7.95. The van der Waals surface area contributed by atoms with E-state index in [1.165, 1.54) is 18.4 Å². The normalized spacial score (nSPS) is 11.0. The molecule has 0 bridgehead atoms. The van der Waals surface area contributed by atoms with Crippen LogP contribution in [0.4, 0.5) is 5.69 Å². The average Bonchev–Trinajstić information content (AvgIpc) is 3.11. The maximum absolute atomic E-state index is 12.3. The van der Waals surface area contributed by atoms with Crippen LogP contribution >= 0.6 is 11.3 Å². The second kappa shape index (κ2) is 8.24. The third-order valence-electron chi connectivity index (χ3n) is 3.55. The Morgan fingerprint density at radius 2 is 1.74 bits per heavy atom. The largest absolute Gasteiger partial charge is 0.465 e. The number of rotatable bonds is 7. The van der Waals surface area contributed by atoms with Crippen LogP contribution in [0, 0.1) is 0 Å². The molecule has 0 unspecified atom stereocenters. The molecule has 0 fully saturated rings. The van der Waals surface area contributed by atoms with E-state index in [1.807, 2.05) is 6.07 Å². The third kappa shape index (κ3) is 5.08. The zero-order chi connectivity index (χ0) is 19.3. The van der Waals surface area contributed by atoms with E-state index in [0.717, 1.165) is 0 Å². The van der Waals surface area contributed by atoms with E-state index in [9.17, 15) is 13.2 Å². The van der Waals surface area contributed by atoms with Gasteiger partial charge in [-0.2, -0.15) is 0 Å². The molecule has 140 valence electrons. The fourth-order valence-corrected chi connectivity index (χ4v) is 4.28. The molecule has 1 N–H and O–H groups in total. The maximum Gasteiger partial charge on any atom is 0.351 e. The standard InChI is InChI=1S/C19H17NO5S2/c1-24-19(21)18-17(11-12-26-18)25-16-9-7-15(8-10-16)20-27(22,23)13-14-5-3-2-4-6-14/h2-12,20H,13H2,1H3. The van der Waals surface area contributed by atoms with E-state index < -0.39 is 16.0 Å². The molecule has 1 heterocycles. The summed E-state index contributed by atoms with van der Waals surface area (Å²) >= 11 is 1.22. The molecule has 0 spiro atoms. The van der Waals surface area contributed by atoms with Gasteiger partial charge >= 0.3 is 5.97 Å². The molecular formula is C19H17NO5S2. The van der Waals surface area contributed by atoms with Crippen LogP contribution in [-0.2, 0) is 20.5 Å². The Bertz CT molecular complexity index is 1010. The lowest BCUT2D eigenvalue weighted by Gasteiger charge is -2.10. The molecule has 3 rings (SSSR count). The summed E-state index contributed by atoms with van der Waals surface area (Å²) in [5.41, 5.74) is 1.13. The van der Waals surface area contributed by atoms with Crippen molar-refractivity contribution in [3.63, 3.8) is 0 Å². The van der Waals surface area contributed by atoms with Crippen molar-refractivity contribution in [1.82, 2.24) is 0 Å². The van der Waals surface area contributed by atoms with Crippen molar-refractivity contribution in [2.24, 2.45) is 0 Å². The number of carbonyl (C=O) groups is 1. The van der Waals surface area contributed by atoms with Gasteiger partial charge in [0.15, 0.2) is 10.6 Å². The molecule has 0 saturated heterocycles. The van der Waals surface area contributed by atoms with Crippen molar-refractivity contribution in [2.75, 3.05) is 11.8 Å². The zero-order valence-electron chi connectivity index (χ0n) is 14.4. The highest BCUT2D eigenvalue weighted by Gasteiger charge is 2.16. The van der Waals surface area contributed by atoms with Gasteiger partial charge in [-0.3, -0.25) is 4.72 Å². The number of sulfonamides is 1. The zero-order valence-corrected chi connectivity index (χ0v) is 16.0. The second-order valence-electron chi connectivity index (χ2n) is 5.58. The molecule has 6 nitrogen and oxygen atoms in total. The topological polar surface area (TPSA) is 81.7 Å².